The fraction of sp³-hybridized carbons (Fsp3) is 0.263. The lowest BCUT2D eigenvalue weighted by molar-refractivity contribution is -0.384. The summed E-state index contributed by atoms with van der Waals surface area (Å²) in [5.74, 6) is -0.707. The van der Waals surface area contributed by atoms with E-state index in [0.29, 0.717) is 37.0 Å². The number of amidine groups is 1. The van der Waals surface area contributed by atoms with Gasteiger partial charge in [0.1, 0.15) is 29.0 Å². The van der Waals surface area contributed by atoms with Gasteiger partial charge >= 0.3 is 13.1 Å². The Balaban J connectivity index is 0.00000272. The van der Waals surface area contributed by atoms with Gasteiger partial charge in [0.05, 0.1) is 18.0 Å². The van der Waals surface area contributed by atoms with Crippen molar-refractivity contribution in [2.45, 2.75) is 18.8 Å². The number of carboxylic acids is 1. The van der Waals surface area contributed by atoms with Crippen LogP contribution in [0.15, 0.2) is 36.4 Å². The van der Waals surface area contributed by atoms with Crippen molar-refractivity contribution in [1.82, 2.24) is 4.90 Å². The summed E-state index contributed by atoms with van der Waals surface area (Å²) >= 11 is 0. The van der Waals surface area contributed by atoms with Gasteiger partial charge in [0.15, 0.2) is 0 Å². The van der Waals surface area contributed by atoms with Crippen LogP contribution >= 0.6 is 12.4 Å². The number of carbonyl (C=O) groups is 1. The first-order chi connectivity index (χ1) is 14.3. The number of ether oxygens (including phenoxy) is 1. The van der Waals surface area contributed by atoms with Crippen molar-refractivity contribution < 1.29 is 29.2 Å². The number of halogens is 1. The van der Waals surface area contributed by atoms with Crippen LogP contribution in [0.3, 0.4) is 0 Å². The minimum atomic E-state index is -1.20. The molecule has 0 aromatic heterocycles. The van der Waals surface area contributed by atoms with Gasteiger partial charge in [-0.15, -0.1) is 12.4 Å². The Hall–Kier alpha value is -3.31. The van der Waals surface area contributed by atoms with Crippen LogP contribution < -0.4 is 9.39 Å². The molecule has 2 aliphatic heterocycles. The number of nitro groups is 1. The van der Waals surface area contributed by atoms with Gasteiger partial charge < -0.3 is 24.4 Å². The zero-order chi connectivity index (χ0) is 21.4. The molecule has 2 aliphatic rings. The van der Waals surface area contributed by atoms with Crippen LogP contribution in [0.5, 0.6) is 11.5 Å². The van der Waals surface area contributed by atoms with E-state index in [1.54, 1.807) is 17.0 Å². The molecule has 2 heterocycles. The molecule has 0 saturated carbocycles. The Bertz CT molecular complexity index is 1030. The molecule has 10 nitrogen and oxygen atoms in total. The number of rotatable bonds is 5. The second kappa shape index (κ2) is 8.82. The molecule has 0 bridgehead atoms. The van der Waals surface area contributed by atoms with E-state index in [2.05, 4.69) is 0 Å². The second-order valence-corrected chi connectivity index (χ2v) is 7.14. The summed E-state index contributed by atoms with van der Waals surface area (Å²) in [6, 6.07) is 9.05. The summed E-state index contributed by atoms with van der Waals surface area (Å²) in [7, 11) is -1.05. The highest BCUT2D eigenvalue weighted by molar-refractivity contribution is 6.44. The van der Waals surface area contributed by atoms with Crippen molar-refractivity contribution in [2.24, 2.45) is 0 Å². The molecule has 1 saturated heterocycles. The van der Waals surface area contributed by atoms with Gasteiger partial charge in [0.2, 0.25) is 0 Å². The number of nitrogens with zero attached hydrogens (tertiary/aromatic N) is 2. The van der Waals surface area contributed by atoms with Crippen LogP contribution in [0.1, 0.15) is 21.5 Å². The highest BCUT2D eigenvalue weighted by atomic mass is 35.5. The van der Waals surface area contributed by atoms with Crippen molar-refractivity contribution in [2.75, 3.05) is 13.1 Å². The topological polar surface area (TPSA) is 146 Å². The number of aryl methyl sites for hydroxylation is 1. The quantitative estimate of drug-likeness (QED) is 0.208. The maximum atomic E-state index is 11.8. The molecule has 12 heteroatoms. The first-order valence-corrected chi connectivity index (χ1v) is 9.32. The number of fused-ring (bicyclic) bond motifs is 1. The predicted molar refractivity (Wildman–Crippen MR) is 114 cm³/mol. The molecule has 2 aromatic carbocycles. The van der Waals surface area contributed by atoms with Crippen molar-refractivity contribution in [1.29, 1.82) is 5.41 Å². The molecule has 0 radical (unpaired) electrons. The Morgan fingerprint density at radius 3 is 2.55 bits per heavy atom. The van der Waals surface area contributed by atoms with E-state index >= 15 is 0 Å². The van der Waals surface area contributed by atoms with E-state index < -0.39 is 18.0 Å². The van der Waals surface area contributed by atoms with E-state index in [1.165, 1.54) is 24.3 Å². The summed E-state index contributed by atoms with van der Waals surface area (Å²) in [5, 5.41) is 38.3. The standard InChI is InChI=1S/C19H18BN3O7.ClH/c21-18(12-1-4-13(5-2-12)23(27)28)22-9-14(10-22)29-15-6-3-11-7-8-20(26)30-17(11)16(15)19(24)25;/h1-6,14,21,26H,7-10H2,(H,24,25);1H. The number of nitrogens with one attached hydrogen (secondary N) is 1. The van der Waals surface area contributed by atoms with E-state index in [4.69, 9.17) is 14.8 Å². The third-order valence-corrected chi connectivity index (χ3v) is 5.14. The molecule has 3 N–H and O–H groups in total. The molecule has 0 aliphatic carbocycles. The number of nitro benzene ring substituents is 1. The number of benzene rings is 2. The van der Waals surface area contributed by atoms with Crippen molar-refractivity contribution in [3.8, 4) is 11.5 Å². The molecule has 1 fully saturated rings. The van der Waals surface area contributed by atoms with E-state index in [9.17, 15) is 25.0 Å². The molecule has 2 aromatic rings. The van der Waals surface area contributed by atoms with E-state index in [0.717, 1.165) is 0 Å². The normalized spacial score (nSPS) is 15.1. The fourth-order valence-corrected chi connectivity index (χ4v) is 3.51. The largest absolute Gasteiger partial charge is 0.535 e. The molecule has 31 heavy (non-hydrogen) atoms. The van der Waals surface area contributed by atoms with Crippen molar-refractivity contribution in [3.63, 3.8) is 0 Å². The summed E-state index contributed by atoms with van der Waals surface area (Å²) in [6.07, 6.45) is 0.586. The second-order valence-electron chi connectivity index (χ2n) is 7.14. The van der Waals surface area contributed by atoms with Gasteiger partial charge in [0.25, 0.3) is 5.69 Å². The van der Waals surface area contributed by atoms with Crippen LogP contribution in [-0.4, -0.2) is 58.1 Å². The van der Waals surface area contributed by atoms with Crippen LogP contribution in [0.25, 0.3) is 0 Å². The van der Waals surface area contributed by atoms with Gasteiger partial charge in [-0.05, 0) is 36.5 Å². The average molecular weight is 448 g/mol. The van der Waals surface area contributed by atoms with Gasteiger partial charge in [0, 0.05) is 17.7 Å². The molecule has 4 rings (SSSR count). The van der Waals surface area contributed by atoms with Crippen molar-refractivity contribution in [3.05, 3.63) is 63.2 Å². The number of hydrogen-bond donors (Lipinski definition) is 3. The molecule has 0 amide bonds. The maximum Gasteiger partial charge on any atom is 0.522 e. The van der Waals surface area contributed by atoms with Gasteiger partial charge in [-0.2, -0.15) is 0 Å². The first kappa shape index (κ1) is 22.4. The lowest BCUT2D eigenvalue weighted by Crippen LogP contribution is -2.56. The van der Waals surface area contributed by atoms with Crippen LogP contribution in [-0.2, 0) is 6.42 Å². The van der Waals surface area contributed by atoms with Gasteiger partial charge in [-0.3, -0.25) is 15.5 Å². The maximum absolute atomic E-state index is 11.8. The van der Waals surface area contributed by atoms with Crippen molar-refractivity contribution >= 4 is 37.0 Å². The summed E-state index contributed by atoms with van der Waals surface area (Å²) in [6.45, 7) is 0.741. The van der Waals surface area contributed by atoms with E-state index in [-0.39, 0.29) is 47.1 Å². The number of aromatic carboxylic acids is 1. The van der Waals surface area contributed by atoms with E-state index in [1.807, 2.05) is 0 Å². The highest BCUT2D eigenvalue weighted by Gasteiger charge is 2.34. The highest BCUT2D eigenvalue weighted by Crippen LogP contribution is 2.37. The Kier molecular flexibility index (Phi) is 6.37. The number of hydrogen-bond acceptors (Lipinski definition) is 7. The fourth-order valence-electron chi connectivity index (χ4n) is 3.51. The monoisotopic (exact) mass is 447 g/mol. The average Bonchev–Trinajstić information content (AvgIpc) is 2.69. The molecular formula is C19H19BClN3O7. The molecule has 162 valence electrons. The van der Waals surface area contributed by atoms with Crippen LogP contribution in [0.4, 0.5) is 5.69 Å². The SMILES string of the molecule is Cl.N=C(c1ccc([N+](=O)[O-])cc1)N1CC(Oc2ccc3c(c2C(=O)O)OB(O)CC3)C1. The smallest absolute Gasteiger partial charge is 0.522 e. The minimum Gasteiger partial charge on any atom is -0.535 e. The Labute approximate surface area is 183 Å². The first-order valence-electron chi connectivity index (χ1n) is 9.32. The zero-order valence-corrected chi connectivity index (χ0v) is 17.0. The Morgan fingerprint density at radius 2 is 1.94 bits per heavy atom. The van der Waals surface area contributed by atoms with Gasteiger partial charge in [-0.1, -0.05) is 6.07 Å². The van der Waals surface area contributed by atoms with Gasteiger partial charge in [-0.25, -0.2) is 4.79 Å². The van der Waals surface area contributed by atoms with Crippen LogP contribution in [0, 0.1) is 15.5 Å². The lowest BCUT2D eigenvalue weighted by atomic mass is 9.78. The number of likely N-dealkylation sites (tertiary alicyclic amines) is 1. The predicted octanol–water partition coefficient (Wildman–Crippen LogP) is 2.22. The number of non-ortho nitro benzene ring substituents is 1. The lowest BCUT2D eigenvalue weighted by Gasteiger charge is -2.41. The molecular weight excluding hydrogens is 428 g/mol. The molecule has 0 spiro atoms. The molecule has 0 atom stereocenters. The molecule has 0 unspecified atom stereocenters. The summed E-state index contributed by atoms with van der Waals surface area (Å²) in [4.78, 5) is 23.8. The third-order valence-electron chi connectivity index (χ3n) is 5.14. The minimum absolute atomic E-state index is 0. The Morgan fingerprint density at radius 1 is 1.26 bits per heavy atom. The zero-order valence-electron chi connectivity index (χ0n) is 16.2. The summed E-state index contributed by atoms with van der Waals surface area (Å²) in [5.41, 5.74) is 1.09. The number of carboxylic acid groups (broad SMARTS) is 1. The summed E-state index contributed by atoms with van der Waals surface area (Å²) < 4.78 is 11.2. The van der Waals surface area contributed by atoms with Crippen LogP contribution in [0.2, 0.25) is 6.32 Å². The third kappa shape index (κ3) is 4.42.